The second kappa shape index (κ2) is 4.85. The molecule has 9 heteroatoms. The van der Waals surface area contributed by atoms with E-state index >= 15 is 0 Å². The second-order valence-electron chi connectivity index (χ2n) is 4.31. The van der Waals surface area contributed by atoms with Gasteiger partial charge in [0, 0.05) is 12.1 Å². The van der Waals surface area contributed by atoms with Crippen LogP contribution in [-0.2, 0) is 6.54 Å². The van der Waals surface area contributed by atoms with Crippen LogP contribution in [0.4, 0.5) is 8.78 Å². The topological polar surface area (TPSA) is 80.9 Å². The number of aromatic carboxylic acids is 1. The van der Waals surface area contributed by atoms with Gasteiger partial charge in [0.25, 0.3) is 0 Å². The van der Waals surface area contributed by atoms with Crippen LogP contribution in [0.15, 0.2) is 12.1 Å². The number of aryl methyl sites for hydroxylation is 1. The van der Waals surface area contributed by atoms with Crippen LogP contribution in [0.5, 0.6) is 0 Å². The summed E-state index contributed by atoms with van der Waals surface area (Å²) in [4.78, 5) is 16.5. The standard InChI is InChI=1S/C12H8F2N4O2S/c1-5-11(12(19)20)21-10(15-5)4-18-16-8-2-6(13)7(14)3-9(8)17-18/h2-3H,4H2,1H3,(H,19,20). The van der Waals surface area contributed by atoms with Crippen molar-refractivity contribution in [1.29, 1.82) is 0 Å². The average molecular weight is 310 g/mol. The maximum Gasteiger partial charge on any atom is 0.347 e. The van der Waals surface area contributed by atoms with Crippen molar-refractivity contribution in [3.63, 3.8) is 0 Å². The van der Waals surface area contributed by atoms with Gasteiger partial charge in [0.05, 0.1) is 5.69 Å². The SMILES string of the molecule is Cc1nc(Cn2nc3cc(F)c(F)cc3n2)sc1C(=O)O. The van der Waals surface area contributed by atoms with Gasteiger partial charge in [-0.1, -0.05) is 0 Å². The summed E-state index contributed by atoms with van der Waals surface area (Å²) in [6.45, 7) is 1.73. The second-order valence-corrected chi connectivity index (χ2v) is 5.40. The maximum atomic E-state index is 13.1. The highest BCUT2D eigenvalue weighted by molar-refractivity contribution is 7.13. The molecule has 0 radical (unpaired) electrons. The van der Waals surface area contributed by atoms with Gasteiger partial charge in [-0.2, -0.15) is 15.0 Å². The van der Waals surface area contributed by atoms with E-state index in [4.69, 9.17) is 5.11 Å². The lowest BCUT2D eigenvalue weighted by Gasteiger charge is -1.93. The summed E-state index contributed by atoms with van der Waals surface area (Å²) in [6, 6.07) is 1.92. The monoisotopic (exact) mass is 310 g/mol. The number of carboxylic acids is 1. The van der Waals surface area contributed by atoms with Gasteiger partial charge in [0.1, 0.15) is 27.5 Å². The van der Waals surface area contributed by atoms with Gasteiger partial charge in [0.15, 0.2) is 11.6 Å². The van der Waals surface area contributed by atoms with Gasteiger partial charge in [0.2, 0.25) is 0 Å². The lowest BCUT2D eigenvalue weighted by atomic mass is 10.3. The Morgan fingerprint density at radius 3 is 2.33 bits per heavy atom. The third-order valence-corrected chi connectivity index (χ3v) is 3.91. The first kappa shape index (κ1) is 13.6. The van der Waals surface area contributed by atoms with Gasteiger partial charge in [-0.3, -0.25) is 0 Å². The van der Waals surface area contributed by atoms with E-state index in [2.05, 4.69) is 15.2 Å². The Morgan fingerprint density at radius 1 is 1.29 bits per heavy atom. The highest BCUT2D eigenvalue weighted by Crippen LogP contribution is 2.20. The molecule has 0 amide bonds. The third-order valence-electron chi connectivity index (χ3n) is 2.78. The molecule has 6 nitrogen and oxygen atoms in total. The molecule has 1 aromatic carbocycles. The van der Waals surface area contributed by atoms with Crippen molar-refractivity contribution < 1.29 is 18.7 Å². The predicted octanol–water partition coefficient (Wildman–Crippen LogP) is 2.22. The van der Waals surface area contributed by atoms with Crippen molar-refractivity contribution in [3.05, 3.63) is 39.3 Å². The molecular formula is C12H8F2N4O2S. The van der Waals surface area contributed by atoms with Crippen molar-refractivity contribution in [2.24, 2.45) is 0 Å². The van der Waals surface area contributed by atoms with Gasteiger partial charge in [-0.05, 0) is 6.92 Å². The molecule has 3 rings (SSSR count). The van der Waals surface area contributed by atoms with Crippen LogP contribution in [0.3, 0.4) is 0 Å². The zero-order valence-electron chi connectivity index (χ0n) is 10.7. The van der Waals surface area contributed by atoms with Crippen molar-refractivity contribution in [1.82, 2.24) is 20.0 Å². The van der Waals surface area contributed by atoms with E-state index < -0.39 is 17.6 Å². The number of carboxylic acid groups (broad SMARTS) is 1. The number of thiazole rings is 1. The normalized spacial score (nSPS) is 11.2. The minimum Gasteiger partial charge on any atom is -0.477 e. The Bertz CT molecular complexity index is 819. The summed E-state index contributed by atoms with van der Waals surface area (Å²) in [5.74, 6) is -3.03. The van der Waals surface area contributed by atoms with E-state index in [0.29, 0.717) is 10.7 Å². The zero-order valence-corrected chi connectivity index (χ0v) is 11.5. The Balaban J connectivity index is 1.94. The van der Waals surface area contributed by atoms with E-state index in [1.165, 1.54) is 4.80 Å². The van der Waals surface area contributed by atoms with Crippen molar-refractivity contribution in [2.75, 3.05) is 0 Å². The molecule has 0 aliphatic rings. The zero-order chi connectivity index (χ0) is 15.1. The van der Waals surface area contributed by atoms with Crippen LogP contribution < -0.4 is 0 Å². The molecule has 0 atom stereocenters. The average Bonchev–Trinajstić information content (AvgIpc) is 2.93. The Kier molecular flexibility index (Phi) is 3.13. The Labute approximate surface area is 120 Å². The van der Waals surface area contributed by atoms with Gasteiger partial charge >= 0.3 is 5.97 Å². The number of carbonyl (C=O) groups is 1. The molecule has 0 aliphatic carbocycles. The minimum absolute atomic E-state index is 0.136. The number of hydrogen-bond acceptors (Lipinski definition) is 5. The lowest BCUT2D eigenvalue weighted by molar-refractivity contribution is 0.0701. The number of benzene rings is 1. The first-order valence-electron chi connectivity index (χ1n) is 5.83. The van der Waals surface area contributed by atoms with Crippen molar-refractivity contribution in [3.8, 4) is 0 Å². The maximum absolute atomic E-state index is 13.1. The number of nitrogens with zero attached hydrogens (tertiary/aromatic N) is 4. The van der Waals surface area contributed by atoms with Crippen LogP contribution in [0, 0.1) is 18.6 Å². The molecule has 0 fully saturated rings. The van der Waals surface area contributed by atoms with Crippen LogP contribution in [0.2, 0.25) is 0 Å². The first-order chi connectivity index (χ1) is 9.94. The molecule has 0 spiro atoms. The molecule has 2 aromatic heterocycles. The van der Waals surface area contributed by atoms with E-state index in [-0.39, 0.29) is 22.5 Å². The number of hydrogen-bond donors (Lipinski definition) is 1. The van der Waals surface area contributed by atoms with Gasteiger partial charge in [-0.25, -0.2) is 18.6 Å². The van der Waals surface area contributed by atoms with Crippen LogP contribution >= 0.6 is 11.3 Å². The van der Waals surface area contributed by atoms with E-state index in [9.17, 15) is 13.6 Å². The molecule has 3 aromatic rings. The summed E-state index contributed by atoms with van der Waals surface area (Å²) in [5.41, 5.74) is 0.859. The minimum atomic E-state index is -1.04. The highest BCUT2D eigenvalue weighted by atomic mass is 32.1. The highest BCUT2D eigenvalue weighted by Gasteiger charge is 2.15. The molecular weight excluding hydrogens is 302 g/mol. The molecule has 0 bridgehead atoms. The smallest absolute Gasteiger partial charge is 0.347 e. The van der Waals surface area contributed by atoms with Gasteiger partial charge in [-0.15, -0.1) is 11.3 Å². The number of rotatable bonds is 3. The largest absolute Gasteiger partial charge is 0.477 e. The fraction of sp³-hybridized carbons (Fsp3) is 0.167. The fourth-order valence-corrected chi connectivity index (χ4v) is 2.75. The molecule has 2 heterocycles. The van der Waals surface area contributed by atoms with E-state index in [0.717, 1.165) is 23.5 Å². The molecule has 108 valence electrons. The third kappa shape index (κ3) is 2.47. The van der Waals surface area contributed by atoms with Gasteiger partial charge < -0.3 is 5.11 Å². The predicted molar refractivity (Wildman–Crippen MR) is 70.4 cm³/mol. The van der Waals surface area contributed by atoms with Crippen LogP contribution in [0.1, 0.15) is 20.4 Å². The number of aromatic nitrogens is 4. The fourth-order valence-electron chi connectivity index (χ4n) is 1.87. The Hall–Kier alpha value is -2.42. The quantitative estimate of drug-likeness (QED) is 0.802. The molecule has 0 saturated carbocycles. The van der Waals surface area contributed by atoms with Crippen LogP contribution in [-0.4, -0.2) is 31.1 Å². The number of fused-ring (bicyclic) bond motifs is 1. The summed E-state index contributed by atoms with van der Waals surface area (Å²) < 4.78 is 26.2. The van der Waals surface area contributed by atoms with E-state index in [1.807, 2.05) is 0 Å². The molecule has 21 heavy (non-hydrogen) atoms. The van der Waals surface area contributed by atoms with E-state index in [1.54, 1.807) is 6.92 Å². The molecule has 0 aliphatic heterocycles. The molecule has 1 N–H and O–H groups in total. The van der Waals surface area contributed by atoms with Crippen molar-refractivity contribution >= 4 is 28.3 Å². The lowest BCUT2D eigenvalue weighted by Crippen LogP contribution is -2.03. The summed E-state index contributed by atoms with van der Waals surface area (Å²) in [7, 11) is 0. The van der Waals surface area contributed by atoms with Crippen molar-refractivity contribution in [2.45, 2.75) is 13.5 Å². The Morgan fingerprint density at radius 2 is 1.86 bits per heavy atom. The number of halogens is 2. The summed E-state index contributed by atoms with van der Waals surface area (Å²) in [6.07, 6.45) is 0. The molecule has 0 unspecified atom stereocenters. The molecule has 0 saturated heterocycles. The van der Waals surface area contributed by atoms with Crippen LogP contribution in [0.25, 0.3) is 11.0 Å². The summed E-state index contributed by atoms with van der Waals surface area (Å²) >= 11 is 1.02. The first-order valence-corrected chi connectivity index (χ1v) is 6.65. The summed E-state index contributed by atoms with van der Waals surface area (Å²) in [5, 5.41) is 17.5.